The van der Waals surface area contributed by atoms with Gasteiger partial charge in [-0.05, 0) is 26.0 Å². The Morgan fingerprint density at radius 2 is 1.96 bits per heavy atom. The Balaban J connectivity index is 0.00000264. The molecule has 0 amide bonds. The zero-order chi connectivity index (χ0) is 16.1. The van der Waals surface area contributed by atoms with Crippen molar-refractivity contribution in [1.82, 2.24) is 5.16 Å². The molecule has 0 radical (unpaired) electrons. The summed E-state index contributed by atoms with van der Waals surface area (Å²) in [5, 5.41) is 6.89. The molecule has 1 aromatic heterocycles. The summed E-state index contributed by atoms with van der Waals surface area (Å²) < 4.78 is 15.5. The molecular formula is C15H21IN4O3. The van der Waals surface area contributed by atoms with Crippen LogP contribution in [0.25, 0.3) is 0 Å². The summed E-state index contributed by atoms with van der Waals surface area (Å²) in [4.78, 5) is 4.29. The van der Waals surface area contributed by atoms with Crippen molar-refractivity contribution < 1.29 is 14.0 Å². The topological polar surface area (TPSA) is 94.9 Å². The first-order chi connectivity index (χ1) is 10.5. The van der Waals surface area contributed by atoms with Crippen LogP contribution in [0.5, 0.6) is 11.5 Å². The molecule has 7 nitrogen and oxygen atoms in total. The average Bonchev–Trinajstić information content (AvgIpc) is 2.83. The van der Waals surface area contributed by atoms with Crippen LogP contribution < -0.4 is 20.5 Å². The monoisotopic (exact) mass is 432 g/mol. The van der Waals surface area contributed by atoms with E-state index in [0.717, 1.165) is 22.7 Å². The highest BCUT2D eigenvalue weighted by molar-refractivity contribution is 14.0. The molecule has 2 aromatic rings. The molecule has 0 aliphatic heterocycles. The lowest BCUT2D eigenvalue weighted by atomic mass is 10.2. The van der Waals surface area contributed by atoms with Crippen molar-refractivity contribution in [1.29, 1.82) is 0 Å². The van der Waals surface area contributed by atoms with E-state index in [-0.39, 0.29) is 24.0 Å². The molecule has 2 rings (SSSR count). The van der Waals surface area contributed by atoms with Crippen molar-refractivity contribution in [3.63, 3.8) is 0 Å². The summed E-state index contributed by atoms with van der Waals surface area (Å²) >= 11 is 0. The number of ether oxygens (including phenoxy) is 2. The summed E-state index contributed by atoms with van der Waals surface area (Å²) in [6.45, 7) is 4.13. The maximum Gasteiger partial charge on any atom is 0.193 e. The van der Waals surface area contributed by atoms with Crippen molar-refractivity contribution in [2.75, 3.05) is 19.5 Å². The standard InChI is InChI=1S/C15H20N4O3.HI/c1-9-12(10(2)22-19-9)8-17-15(16)18-11-5-6-13(20-3)14(7-11)21-4;/h5-7H,8H2,1-4H3,(H3,16,17,18);1H. The third kappa shape index (κ3) is 4.75. The maximum absolute atomic E-state index is 5.90. The van der Waals surface area contributed by atoms with Gasteiger partial charge in [-0.2, -0.15) is 0 Å². The van der Waals surface area contributed by atoms with Crippen LogP contribution in [0.2, 0.25) is 0 Å². The Hall–Kier alpha value is -1.97. The Morgan fingerprint density at radius 3 is 2.52 bits per heavy atom. The van der Waals surface area contributed by atoms with Crippen molar-refractivity contribution in [3.8, 4) is 11.5 Å². The molecule has 0 fully saturated rings. The van der Waals surface area contributed by atoms with Gasteiger partial charge in [0.25, 0.3) is 0 Å². The normalized spacial score (nSPS) is 10.9. The zero-order valence-corrected chi connectivity index (χ0v) is 15.9. The Labute approximate surface area is 152 Å². The van der Waals surface area contributed by atoms with Gasteiger partial charge in [0.2, 0.25) is 0 Å². The van der Waals surface area contributed by atoms with E-state index in [0.29, 0.717) is 24.0 Å². The van der Waals surface area contributed by atoms with Crippen LogP contribution >= 0.6 is 24.0 Å². The van der Waals surface area contributed by atoms with Gasteiger partial charge in [-0.1, -0.05) is 5.16 Å². The van der Waals surface area contributed by atoms with Gasteiger partial charge in [0.05, 0.1) is 26.5 Å². The van der Waals surface area contributed by atoms with Crippen molar-refractivity contribution in [3.05, 3.63) is 35.2 Å². The zero-order valence-electron chi connectivity index (χ0n) is 13.5. The summed E-state index contributed by atoms with van der Waals surface area (Å²) in [7, 11) is 3.17. The lowest BCUT2D eigenvalue weighted by molar-refractivity contribution is 0.355. The number of hydrogen-bond donors (Lipinski definition) is 2. The lowest BCUT2D eigenvalue weighted by Crippen LogP contribution is -2.22. The minimum Gasteiger partial charge on any atom is -0.493 e. The molecular weight excluding hydrogens is 411 g/mol. The number of aryl methyl sites for hydroxylation is 2. The van der Waals surface area contributed by atoms with Gasteiger partial charge >= 0.3 is 0 Å². The molecule has 126 valence electrons. The number of benzene rings is 1. The number of methoxy groups -OCH3 is 2. The van der Waals surface area contributed by atoms with E-state index in [1.165, 1.54) is 0 Å². The fourth-order valence-corrected chi connectivity index (χ4v) is 1.99. The molecule has 0 bridgehead atoms. The summed E-state index contributed by atoms with van der Waals surface area (Å²) in [5.74, 6) is 2.32. The van der Waals surface area contributed by atoms with Crippen LogP contribution in [0.3, 0.4) is 0 Å². The van der Waals surface area contributed by atoms with Crippen LogP contribution in [-0.2, 0) is 6.54 Å². The molecule has 0 atom stereocenters. The van der Waals surface area contributed by atoms with E-state index < -0.39 is 0 Å². The van der Waals surface area contributed by atoms with Crippen molar-refractivity contribution in [2.24, 2.45) is 10.7 Å². The van der Waals surface area contributed by atoms with E-state index in [9.17, 15) is 0 Å². The van der Waals surface area contributed by atoms with Gasteiger partial charge in [-0.25, -0.2) is 4.99 Å². The fraction of sp³-hybridized carbons (Fsp3) is 0.333. The SMILES string of the molecule is COc1ccc(NC(N)=NCc2c(C)noc2C)cc1OC.I. The van der Waals surface area contributed by atoms with Gasteiger partial charge < -0.3 is 25.0 Å². The first kappa shape index (κ1) is 19.1. The predicted molar refractivity (Wildman–Crippen MR) is 99.9 cm³/mol. The predicted octanol–water partition coefficient (Wildman–Crippen LogP) is 2.85. The molecule has 1 heterocycles. The number of nitrogens with two attached hydrogens (primary N) is 1. The second-order valence-corrected chi connectivity index (χ2v) is 4.70. The number of guanidine groups is 1. The first-order valence-corrected chi connectivity index (χ1v) is 6.76. The van der Waals surface area contributed by atoms with Gasteiger partial charge in [0.1, 0.15) is 5.76 Å². The highest BCUT2D eigenvalue weighted by atomic mass is 127. The second-order valence-electron chi connectivity index (χ2n) is 4.70. The molecule has 0 unspecified atom stereocenters. The number of halogens is 1. The number of aromatic nitrogens is 1. The van der Waals surface area contributed by atoms with Crippen LogP contribution in [0.1, 0.15) is 17.0 Å². The Kier molecular flexibility index (Phi) is 7.14. The number of anilines is 1. The number of nitrogens with one attached hydrogen (secondary N) is 1. The van der Waals surface area contributed by atoms with E-state index in [1.54, 1.807) is 26.4 Å². The van der Waals surface area contributed by atoms with Gasteiger partial charge in [0, 0.05) is 17.3 Å². The van der Waals surface area contributed by atoms with Crippen molar-refractivity contribution >= 4 is 35.6 Å². The Bertz CT molecular complexity index is 666. The third-order valence-electron chi connectivity index (χ3n) is 3.24. The third-order valence-corrected chi connectivity index (χ3v) is 3.24. The Morgan fingerprint density at radius 1 is 1.26 bits per heavy atom. The molecule has 23 heavy (non-hydrogen) atoms. The molecule has 0 saturated carbocycles. The van der Waals surface area contributed by atoms with Gasteiger partial charge in [-0.3, -0.25) is 0 Å². The van der Waals surface area contributed by atoms with Crippen LogP contribution in [0, 0.1) is 13.8 Å². The number of nitrogens with zero attached hydrogens (tertiary/aromatic N) is 2. The lowest BCUT2D eigenvalue weighted by Gasteiger charge is -2.10. The summed E-state index contributed by atoms with van der Waals surface area (Å²) in [6, 6.07) is 5.42. The molecule has 0 spiro atoms. The summed E-state index contributed by atoms with van der Waals surface area (Å²) in [6.07, 6.45) is 0. The maximum atomic E-state index is 5.90. The van der Waals surface area contributed by atoms with Gasteiger partial charge in [-0.15, -0.1) is 24.0 Å². The number of aliphatic imine (C=N–C) groups is 1. The number of rotatable bonds is 5. The minimum absolute atomic E-state index is 0. The van der Waals surface area contributed by atoms with E-state index in [1.807, 2.05) is 19.9 Å². The minimum atomic E-state index is 0. The fourth-order valence-electron chi connectivity index (χ4n) is 1.99. The molecule has 0 aliphatic carbocycles. The second kappa shape index (κ2) is 8.61. The largest absolute Gasteiger partial charge is 0.493 e. The van der Waals surface area contributed by atoms with E-state index in [2.05, 4.69) is 15.5 Å². The van der Waals surface area contributed by atoms with Crippen LogP contribution in [0.4, 0.5) is 5.69 Å². The summed E-state index contributed by atoms with van der Waals surface area (Å²) in [5.41, 5.74) is 8.42. The highest BCUT2D eigenvalue weighted by Gasteiger charge is 2.08. The van der Waals surface area contributed by atoms with E-state index in [4.69, 9.17) is 19.7 Å². The first-order valence-electron chi connectivity index (χ1n) is 6.76. The van der Waals surface area contributed by atoms with Crippen molar-refractivity contribution in [2.45, 2.75) is 20.4 Å². The molecule has 1 aromatic carbocycles. The molecule has 0 saturated heterocycles. The molecule has 8 heteroatoms. The van der Waals surface area contributed by atoms with E-state index >= 15 is 0 Å². The quantitative estimate of drug-likeness (QED) is 0.429. The number of hydrogen-bond acceptors (Lipinski definition) is 5. The van der Waals surface area contributed by atoms with Crippen LogP contribution in [0.15, 0.2) is 27.7 Å². The molecule has 0 aliphatic rings. The smallest absolute Gasteiger partial charge is 0.193 e. The average molecular weight is 432 g/mol. The van der Waals surface area contributed by atoms with Crippen LogP contribution in [-0.4, -0.2) is 25.3 Å². The highest BCUT2D eigenvalue weighted by Crippen LogP contribution is 2.29. The van der Waals surface area contributed by atoms with Gasteiger partial charge in [0.15, 0.2) is 17.5 Å². The molecule has 3 N–H and O–H groups in total.